The number of ether oxygens (including phenoxy) is 3. The molecule has 2 aliphatic rings. The molecule has 122 valence electrons. The molecule has 0 bridgehead atoms. The van der Waals surface area contributed by atoms with Gasteiger partial charge in [-0.05, 0) is 30.5 Å². The lowest BCUT2D eigenvalue weighted by atomic mass is 9.74. The van der Waals surface area contributed by atoms with Crippen LogP contribution in [0.15, 0.2) is 18.2 Å². The maximum atomic E-state index is 11.5. The van der Waals surface area contributed by atoms with Crippen molar-refractivity contribution in [1.29, 1.82) is 0 Å². The molecule has 0 saturated carbocycles. The van der Waals surface area contributed by atoms with Gasteiger partial charge in [-0.2, -0.15) is 0 Å². The Morgan fingerprint density at radius 3 is 2.68 bits per heavy atom. The van der Waals surface area contributed by atoms with E-state index in [1.54, 1.807) is 0 Å². The van der Waals surface area contributed by atoms with Crippen molar-refractivity contribution in [2.24, 2.45) is 5.73 Å². The minimum atomic E-state index is -0.137. The van der Waals surface area contributed by atoms with Crippen LogP contribution in [0.4, 0.5) is 0 Å². The smallest absolute Gasteiger partial charge is 0.233 e. The molecule has 3 N–H and O–H groups in total. The molecule has 0 radical (unpaired) electrons. The number of nitrogens with two attached hydrogens (primary N) is 1. The first kappa shape index (κ1) is 16.9. The van der Waals surface area contributed by atoms with Gasteiger partial charge in [0, 0.05) is 25.2 Å². The van der Waals surface area contributed by atoms with Gasteiger partial charge in [-0.1, -0.05) is 6.07 Å². The Labute approximate surface area is 135 Å². The SMILES string of the molecule is Cl.NCC(=O)NCC1(c2ccc3c(c2)OCO3)CCOCC1. The number of hydrogen-bond acceptors (Lipinski definition) is 5. The molecule has 1 aromatic rings. The summed E-state index contributed by atoms with van der Waals surface area (Å²) >= 11 is 0. The zero-order valence-corrected chi connectivity index (χ0v) is 13.1. The molecule has 0 aliphatic carbocycles. The first-order chi connectivity index (χ1) is 10.2. The lowest BCUT2D eigenvalue weighted by molar-refractivity contribution is -0.120. The summed E-state index contributed by atoms with van der Waals surface area (Å²) in [6.45, 7) is 2.21. The summed E-state index contributed by atoms with van der Waals surface area (Å²) in [6.07, 6.45) is 1.72. The van der Waals surface area contributed by atoms with Crippen molar-refractivity contribution in [2.75, 3.05) is 33.1 Å². The third-order valence-corrected chi connectivity index (χ3v) is 4.24. The largest absolute Gasteiger partial charge is 0.454 e. The molecular formula is C15H21ClN2O4. The molecule has 1 fully saturated rings. The Morgan fingerprint density at radius 2 is 1.95 bits per heavy atom. The number of halogens is 1. The molecule has 3 rings (SSSR count). The van der Waals surface area contributed by atoms with Crippen molar-refractivity contribution in [3.05, 3.63) is 23.8 Å². The molecule has 1 amide bonds. The molecule has 6 nitrogen and oxygen atoms in total. The van der Waals surface area contributed by atoms with Gasteiger partial charge in [-0.25, -0.2) is 0 Å². The van der Waals surface area contributed by atoms with Crippen molar-refractivity contribution in [2.45, 2.75) is 18.3 Å². The van der Waals surface area contributed by atoms with E-state index in [9.17, 15) is 4.79 Å². The molecular weight excluding hydrogens is 308 g/mol. The third-order valence-electron chi connectivity index (χ3n) is 4.24. The Hall–Kier alpha value is -1.50. The predicted molar refractivity (Wildman–Crippen MR) is 83.6 cm³/mol. The summed E-state index contributed by atoms with van der Waals surface area (Å²) in [5.41, 5.74) is 6.38. The number of carbonyl (C=O) groups is 1. The number of nitrogens with one attached hydrogen (secondary N) is 1. The summed E-state index contributed by atoms with van der Waals surface area (Å²) in [5.74, 6) is 1.40. The summed E-state index contributed by atoms with van der Waals surface area (Å²) in [6, 6.07) is 6.00. The summed E-state index contributed by atoms with van der Waals surface area (Å²) in [5, 5.41) is 2.92. The second kappa shape index (κ2) is 7.17. The van der Waals surface area contributed by atoms with Crippen LogP contribution in [-0.4, -0.2) is 39.0 Å². The van der Waals surface area contributed by atoms with Gasteiger partial charge in [0.25, 0.3) is 0 Å². The van der Waals surface area contributed by atoms with Gasteiger partial charge in [0.2, 0.25) is 12.7 Å². The first-order valence-electron chi connectivity index (χ1n) is 7.18. The average molecular weight is 329 g/mol. The average Bonchev–Trinajstić information content (AvgIpc) is 3.01. The van der Waals surface area contributed by atoms with Crippen molar-refractivity contribution < 1.29 is 19.0 Å². The van der Waals surface area contributed by atoms with E-state index < -0.39 is 0 Å². The second-order valence-electron chi connectivity index (χ2n) is 5.44. The van der Waals surface area contributed by atoms with Gasteiger partial charge in [-0.15, -0.1) is 12.4 Å². The highest BCUT2D eigenvalue weighted by Crippen LogP contribution is 2.40. The molecule has 2 aliphatic heterocycles. The van der Waals surface area contributed by atoms with Crippen LogP contribution >= 0.6 is 12.4 Å². The van der Waals surface area contributed by atoms with Gasteiger partial charge in [0.15, 0.2) is 11.5 Å². The van der Waals surface area contributed by atoms with Crippen molar-refractivity contribution >= 4 is 18.3 Å². The Bertz CT molecular complexity index is 532. The highest BCUT2D eigenvalue weighted by Gasteiger charge is 2.35. The Balaban J connectivity index is 0.00000176. The van der Waals surface area contributed by atoms with E-state index in [1.807, 2.05) is 18.2 Å². The summed E-state index contributed by atoms with van der Waals surface area (Å²) in [4.78, 5) is 11.5. The van der Waals surface area contributed by atoms with E-state index in [1.165, 1.54) is 0 Å². The molecule has 0 spiro atoms. The number of benzene rings is 1. The number of rotatable bonds is 4. The van der Waals surface area contributed by atoms with Crippen molar-refractivity contribution in [3.8, 4) is 11.5 Å². The van der Waals surface area contributed by atoms with E-state index >= 15 is 0 Å². The highest BCUT2D eigenvalue weighted by molar-refractivity contribution is 5.85. The second-order valence-corrected chi connectivity index (χ2v) is 5.44. The monoisotopic (exact) mass is 328 g/mol. The van der Waals surface area contributed by atoms with E-state index in [0.717, 1.165) is 29.9 Å². The normalized spacial score (nSPS) is 18.4. The van der Waals surface area contributed by atoms with Crippen molar-refractivity contribution in [3.63, 3.8) is 0 Å². The van der Waals surface area contributed by atoms with E-state index in [2.05, 4.69) is 5.32 Å². The molecule has 0 unspecified atom stereocenters. The Morgan fingerprint density at radius 1 is 1.23 bits per heavy atom. The van der Waals surface area contributed by atoms with Crippen molar-refractivity contribution in [1.82, 2.24) is 5.32 Å². The topological polar surface area (TPSA) is 82.8 Å². The quantitative estimate of drug-likeness (QED) is 0.860. The van der Waals surface area contributed by atoms with Gasteiger partial charge < -0.3 is 25.3 Å². The Kier molecular flexibility index (Phi) is 5.50. The molecule has 1 saturated heterocycles. The number of fused-ring (bicyclic) bond motifs is 1. The van der Waals surface area contributed by atoms with Crippen LogP contribution in [0.2, 0.25) is 0 Å². The number of hydrogen-bond donors (Lipinski definition) is 2. The maximum absolute atomic E-state index is 11.5. The van der Waals surface area contributed by atoms with Gasteiger partial charge >= 0.3 is 0 Å². The minimum Gasteiger partial charge on any atom is -0.454 e. The molecule has 2 heterocycles. The van der Waals surface area contributed by atoms with E-state index in [-0.39, 0.29) is 37.1 Å². The summed E-state index contributed by atoms with van der Waals surface area (Å²) in [7, 11) is 0. The van der Waals surface area contributed by atoms with Gasteiger partial charge in [-0.3, -0.25) is 4.79 Å². The molecule has 22 heavy (non-hydrogen) atoms. The lowest BCUT2D eigenvalue weighted by Gasteiger charge is -2.38. The van der Waals surface area contributed by atoms with E-state index in [4.69, 9.17) is 19.9 Å². The zero-order valence-electron chi connectivity index (χ0n) is 12.3. The van der Waals surface area contributed by atoms with Gasteiger partial charge in [0.05, 0.1) is 6.54 Å². The standard InChI is InChI=1S/C15H20N2O4.ClH/c16-8-14(18)17-9-15(3-5-19-6-4-15)11-1-2-12-13(7-11)21-10-20-12;/h1-2,7H,3-6,8-10,16H2,(H,17,18);1H. The molecule has 7 heteroatoms. The minimum absolute atomic E-state index is 0. The predicted octanol–water partition coefficient (Wildman–Crippen LogP) is 0.960. The maximum Gasteiger partial charge on any atom is 0.233 e. The molecule has 1 aromatic carbocycles. The van der Waals surface area contributed by atoms with Crippen LogP contribution in [-0.2, 0) is 14.9 Å². The zero-order chi connectivity index (χ0) is 14.7. The van der Waals surface area contributed by atoms with E-state index in [0.29, 0.717) is 19.8 Å². The van der Waals surface area contributed by atoms with Crippen LogP contribution in [0.1, 0.15) is 18.4 Å². The van der Waals surface area contributed by atoms with Crippen LogP contribution < -0.4 is 20.5 Å². The fourth-order valence-corrected chi connectivity index (χ4v) is 2.90. The summed E-state index contributed by atoms with van der Waals surface area (Å²) < 4.78 is 16.3. The first-order valence-corrected chi connectivity index (χ1v) is 7.18. The molecule has 0 atom stereocenters. The number of carbonyl (C=O) groups excluding carboxylic acids is 1. The fraction of sp³-hybridized carbons (Fsp3) is 0.533. The lowest BCUT2D eigenvalue weighted by Crippen LogP contribution is -2.46. The van der Waals surface area contributed by atoms with Gasteiger partial charge in [0.1, 0.15) is 0 Å². The fourth-order valence-electron chi connectivity index (χ4n) is 2.90. The highest BCUT2D eigenvalue weighted by atomic mass is 35.5. The van der Waals surface area contributed by atoms with Crippen LogP contribution in [0.25, 0.3) is 0 Å². The third kappa shape index (κ3) is 3.29. The molecule has 0 aromatic heterocycles. The van der Waals surface area contributed by atoms with Crippen LogP contribution in [0.5, 0.6) is 11.5 Å². The van der Waals surface area contributed by atoms with Crippen LogP contribution in [0, 0.1) is 0 Å². The number of amides is 1. The van der Waals surface area contributed by atoms with Crippen LogP contribution in [0.3, 0.4) is 0 Å².